The maximum atomic E-state index is 5.56. The molecule has 108 valence electrons. The molecular weight excluding hydrogens is 308 g/mol. The lowest BCUT2D eigenvalue weighted by molar-refractivity contribution is 0.414. The van der Waals surface area contributed by atoms with Gasteiger partial charge in [0.15, 0.2) is 4.34 Å². The Bertz CT molecular complexity index is 723. The minimum Gasteiger partial charge on any atom is -0.497 e. The largest absolute Gasteiger partial charge is 0.497 e. The van der Waals surface area contributed by atoms with Crippen molar-refractivity contribution in [3.05, 3.63) is 36.4 Å². The lowest BCUT2D eigenvalue weighted by atomic mass is 10.3. The number of aromatic nitrogens is 5. The zero-order valence-corrected chi connectivity index (χ0v) is 12.8. The van der Waals surface area contributed by atoms with E-state index >= 15 is 0 Å². The SMILES string of the molecule is COc1ccc(-n2ncnc2CSc2nnc(N)s2)cc1. The van der Waals surface area contributed by atoms with E-state index in [0.29, 0.717) is 10.9 Å². The van der Waals surface area contributed by atoms with Gasteiger partial charge in [0.05, 0.1) is 18.6 Å². The van der Waals surface area contributed by atoms with Crippen LogP contribution in [-0.4, -0.2) is 32.1 Å². The molecule has 1 aromatic carbocycles. The summed E-state index contributed by atoms with van der Waals surface area (Å²) in [4.78, 5) is 4.28. The smallest absolute Gasteiger partial charge is 0.203 e. The van der Waals surface area contributed by atoms with Crippen molar-refractivity contribution in [3.8, 4) is 11.4 Å². The average Bonchev–Trinajstić information content (AvgIpc) is 3.14. The molecule has 3 rings (SSSR count). The molecule has 0 aliphatic carbocycles. The van der Waals surface area contributed by atoms with E-state index < -0.39 is 0 Å². The van der Waals surface area contributed by atoms with Gasteiger partial charge in [-0.1, -0.05) is 23.1 Å². The van der Waals surface area contributed by atoms with Gasteiger partial charge in [-0.05, 0) is 24.3 Å². The maximum absolute atomic E-state index is 5.56. The molecule has 21 heavy (non-hydrogen) atoms. The van der Waals surface area contributed by atoms with Crippen molar-refractivity contribution in [2.45, 2.75) is 10.1 Å². The Hall–Kier alpha value is -2.13. The van der Waals surface area contributed by atoms with Crippen molar-refractivity contribution in [1.82, 2.24) is 25.0 Å². The van der Waals surface area contributed by atoms with Crippen LogP contribution in [0, 0.1) is 0 Å². The number of nitrogens with zero attached hydrogens (tertiary/aromatic N) is 5. The minimum absolute atomic E-state index is 0.467. The van der Waals surface area contributed by atoms with Crippen LogP contribution in [0.3, 0.4) is 0 Å². The first-order chi connectivity index (χ1) is 10.3. The topological polar surface area (TPSA) is 91.7 Å². The standard InChI is InChI=1S/C12H12N6OS2/c1-19-9-4-2-8(3-5-9)18-10(14-7-15-18)6-20-12-17-16-11(13)21-12/h2-5,7H,6H2,1H3,(H2,13,16). The second-order valence-corrected chi connectivity index (χ2v) is 6.21. The number of hydrogen-bond acceptors (Lipinski definition) is 8. The van der Waals surface area contributed by atoms with Crippen LogP contribution in [0.15, 0.2) is 34.9 Å². The van der Waals surface area contributed by atoms with Crippen LogP contribution in [-0.2, 0) is 5.75 Å². The van der Waals surface area contributed by atoms with Crippen molar-refractivity contribution in [2.24, 2.45) is 0 Å². The number of ether oxygens (including phenoxy) is 1. The lowest BCUT2D eigenvalue weighted by Crippen LogP contribution is -2.02. The Kier molecular flexibility index (Phi) is 4.02. The molecule has 2 aromatic heterocycles. The number of methoxy groups -OCH3 is 1. The zero-order valence-electron chi connectivity index (χ0n) is 11.1. The molecule has 0 bridgehead atoms. The molecule has 9 heteroatoms. The summed E-state index contributed by atoms with van der Waals surface area (Å²) < 4.78 is 7.75. The maximum Gasteiger partial charge on any atom is 0.203 e. The Labute approximate surface area is 129 Å². The van der Waals surface area contributed by atoms with Crippen molar-refractivity contribution >= 4 is 28.2 Å². The van der Waals surface area contributed by atoms with Crippen molar-refractivity contribution in [3.63, 3.8) is 0 Å². The van der Waals surface area contributed by atoms with Gasteiger partial charge in [0.1, 0.15) is 17.9 Å². The van der Waals surface area contributed by atoms with Crippen LogP contribution in [0.25, 0.3) is 5.69 Å². The summed E-state index contributed by atoms with van der Waals surface area (Å²) in [5.74, 6) is 2.28. The van der Waals surface area contributed by atoms with Gasteiger partial charge >= 0.3 is 0 Å². The van der Waals surface area contributed by atoms with Gasteiger partial charge in [-0.25, -0.2) is 9.67 Å². The fourth-order valence-electron chi connectivity index (χ4n) is 1.71. The Morgan fingerprint density at radius 2 is 2.10 bits per heavy atom. The molecule has 0 saturated heterocycles. The molecular formula is C12H12N6OS2. The molecule has 0 fully saturated rings. The van der Waals surface area contributed by atoms with E-state index in [2.05, 4.69) is 20.3 Å². The Balaban J connectivity index is 1.76. The minimum atomic E-state index is 0.467. The Morgan fingerprint density at radius 1 is 1.29 bits per heavy atom. The summed E-state index contributed by atoms with van der Waals surface area (Å²) in [7, 11) is 1.64. The molecule has 0 amide bonds. The summed E-state index contributed by atoms with van der Waals surface area (Å²) in [6.07, 6.45) is 1.54. The van der Waals surface area contributed by atoms with E-state index in [1.807, 2.05) is 24.3 Å². The number of anilines is 1. The van der Waals surface area contributed by atoms with Crippen LogP contribution >= 0.6 is 23.1 Å². The van der Waals surface area contributed by atoms with Crippen molar-refractivity contribution < 1.29 is 4.74 Å². The van der Waals surface area contributed by atoms with Gasteiger partial charge in [0.2, 0.25) is 5.13 Å². The third-order valence-corrected chi connectivity index (χ3v) is 4.56. The van der Waals surface area contributed by atoms with Gasteiger partial charge in [0, 0.05) is 0 Å². The van der Waals surface area contributed by atoms with Crippen LogP contribution in [0.2, 0.25) is 0 Å². The molecule has 0 radical (unpaired) electrons. The predicted molar refractivity (Wildman–Crippen MR) is 81.8 cm³/mol. The van der Waals surface area contributed by atoms with E-state index in [1.54, 1.807) is 11.8 Å². The first-order valence-electron chi connectivity index (χ1n) is 6.01. The average molecular weight is 320 g/mol. The molecule has 0 spiro atoms. The fraction of sp³-hybridized carbons (Fsp3) is 0.167. The fourth-order valence-corrected chi connectivity index (χ4v) is 3.27. The van der Waals surface area contributed by atoms with Gasteiger partial charge in [-0.3, -0.25) is 0 Å². The monoisotopic (exact) mass is 320 g/mol. The summed E-state index contributed by atoms with van der Waals surface area (Å²) in [5, 5.41) is 12.5. The normalized spacial score (nSPS) is 10.7. The van der Waals surface area contributed by atoms with E-state index in [-0.39, 0.29) is 0 Å². The molecule has 7 nitrogen and oxygen atoms in total. The molecule has 0 saturated carbocycles. The summed E-state index contributed by atoms with van der Waals surface area (Å²) in [6.45, 7) is 0. The van der Waals surface area contributed by atoms with Crippen LogP contribution < -0.4 is 10.5 Å². The first-order valence-corrected chi connectivity index (χ1v) is 7.81. The van der Waals surface area contributed by atoms with Crippen LogP contribution in [0.5, 0.6) is 5.75 Å². The molecule has 2 N–H and O–H groups in total. The summed E-state index contributed by atoms with van der Waals surface area (Å²) in [5.41, 5.74) is 6.49. The second-order valence-electron chi connectivity index (χ2n) is 3.98. The van der Waals surface area contributed by atoms with E-state index in [9.17, 15) is 0 Å². The van der Waals surface area contributed by atoms with Gasteiger partial charge < -0.3 is 10.5 Å². The summed E-state index contributed by atoms with van der Waals surface area (Å²) in [6, 6.07) is 7.65. The molecule has 0 unspecified atom stereocenters. The molecule has 2 heterocycles. The number of rotatable bonds is 5. The second kappa shape index (κ2) is 6.10. The van der Waals surface area contributed by atoms with E-state index in [4.69, 9.17) is 10.5 Å². The molecule has 3 aromatic rings. The highest BCUT2D eigenvalue weighted by Gasteiger charge is 2.09. The lowest BCUT2D eigenvalue weighted by Gasteiger charge is -2.06. The zero-order chi connectivity index (χ0) is 14.7. The highest BCUT2D eigenvalue weighted by atomic mass is 32.2. The van der Waals surface area contributed by atoms with E-state index in [0.717, 1.165) is 21.6 Å². The van der Waals surface area contributed by atoms with Crippen molar-refractivity contribution in [2.75, 3.05) is 12.8 Å². The number of benzene rings is 1. The number of thioether (sulfide) groups is 1. The highest BCUT2D eigenvalue weighted by molar-refractivity contribution is 8.00. The molecule has 0 aliphatic heterocycles. The molecule has 0 aliphatic rings. The number of nitrogen functional groups attached to an aromatic ring is 1. The number of hydrogen-bond donors (Lipinski definition) is 1. The van der Waals surface area contributed by atoms with Crippen molar-refractivity contribution in [1.29, 1.82) is 0 Å². The predicted octanol–water partition coefficient (Wildman–Crippen LogP) is 2.00. The third kappa shape index (κ3) is 3.14. The Morgan fingerprint density at radius 3 is 2.76 bits per heavy atom. The number of nitrogens with two attached hydrogens (primary N) is 1. The van der Waals surface area contributed by atoms with Gasteiger partial charge in [-0.2, -0.15) is 5.10 Å². The summed E-state index contributed by atoms with van der Waals surface area (Å²) >= 11 is 2.89. The quantitative estimate of drug-likeness (QED) is 0.719. The first kappa shape index (κ1) is 13.8. The van der Waals surface area contributed by atoms with Crippen LogP contribution in [0.4, 0.5) is 5.13 Å². The van der Waals surface area contributed by atoms with Gasteiger partial charge in [-0.15, -0.1) is 10.2 Å². The van der Waals surface area contributed by atoms with Gasteiger partial charge in [0.25, 0.3) is 0 Å². The highest BCUT2D eigenvalue weighted by Crippen LogP contribution is 2.27. The third-order valence-electron chi connectivity index (χ3n) is 2.68. The van der Waals surface area contributed by atoms with E-state index in [1.165, 1.54) is 29.4 Å². The molecule has 0 atom stereocenters. The van der Waals surface area contributed by atoms with Crippen LogP contribution in [0.1, 0.15) is 5.82 Å².